The summed E-state index contributed by atoms with van der Waals surface area (Å²) in [5, 5.41) is 16.5. The summed E-state index contributed by atoms with van der Waals surface area (Å²) in [7, 11) is 0. The highest BCUT2D eigenvalue weighted by molar-refractivity contribution is 7.13. The predicted molar refractivity (Wildman–Crippen MR) is 93.0 cm³/mol. The first kappa shape index (κ1) is 15.8. The van der Waals surface area contributed by atoms with E-state index in [0.29, 0.717) is 11.4 Å². The fourth-order valence-electron chi connectivity index (χ4n) is 2.53. The van der Waals surface area contributed by atoms with Gasteiger partial charge in [-0.1, -0.05) is 18.5 Å². The Hall–Kier alpha value is -2.11. The van der Waals surface area contributed by atoms with Gasteiger partial charge < -0.3 is 5.11 Å². The van der Waals surface area contributed by atoms with Crippen LogP contribution in [0.4, 0.5) is 0 Å². The van der Waals surface area contributed by atoms with Crippen molar-refractivity contribution in [2.24, 2.45) is 0 Å². The molecular formula is C17H15ClN2O2S. The Morgan fingerprint density at radius 2 is 2.04 bits per heavy atom. The van der Waals surface area contributed by atoms with Crippen LogP contribution in [0.3, 0.4) is 0 Å². The first-order valence-corrected chi connectivity index (χ1v) is 8.43. The van der Waals surface area contributed by atoms with Crippen LogP contribution < -0.4 is 0 Å². The monoisotopic (exact) mass is 346 g/mol. The fraction of sp³-hybridized carbons (Fsp3) is 0.176. The van der Waals surface area contributed by atoms with Crippen molar-refractivity contribution in [1.82, 2.24) is 9.78 Å². The topological polar surface area (TPSA) is 55.1 Å². The highest BCUT2D eigenvalue weighted by Crippen LogP contribution is 2.34. The Kier molecular flexibility index (Phi) is 4.24. The van der Waals surface area contributed by atoms with Crippen LogP contribution in [0.2, 0.25) is 5.02 Å². The van der Waals surface area contributed by atoms with Crippen LogP contribution >= 0.6 is 22.9 Å². The minimum atomic E-state index is -1.01. The van der Waals surface area contributed by atoms with Gasteiger partial charge in [0, 0.05) is 10.6 Å². The van der Waals surface area contributed by atoms with E-state index in [4.69, 9.17) is 11.6 Å². The molecule has 2 aromatic heterocycles. The third kappa shape index (κ3) is 2.90. The number of halogens is 1. The van der Waals surface area contributed by atoms with E-state index in [0.717, 1.165) is 27.4 Å². The minimum absolute atomic E-state index is 0.100. The number of hydrogen-bond acceptors (Lipinski definition) is 3. The molecule has 3 rings (SSSR count). The number of aromatic carboxylic acids is 1. The third-order valence-corrected chi connectivity index (χ3v) is 4.88. The summed E-state index contributed by atoms with van der Waals surface area (Å²) in [4.78, 5) is 12.6. The van der Waals surface area contributed by atoms with Gasteiger partial charge in [-0.25, -0.2) is 9.48 Å². The lowest BCUT2D eigenvalue weighted by Crippen LogP contribution is -2.02. The Labute approximate surface area is 143 Å². The van der Waals surface area contributed by atoms with E-state index in [-0.39, 0.29) is 5.69 Å². The Bertz CT molecular complexity index is 865. The number of carbonyl (C=O) groups is 1. The molecule has 0 spiro atoms. The second-order valence-electron chi connectivity index (χ2n) is 5.21. The van der Waals surface area contributed by atoms with E-state index >= 15 is 0 Å². The van der Waals surface area contributed by atoms with Crippen molar-refractivity contribution < 1.29 is 9.90 Å². The number of nitrogens with zero attached hydrogens (tertiary/aromatic N) is 2. The molecule has 0 fully saturated rings. The second kappa shape index (κ2) is 6.18. The lowest BCUT2D eigenvalue weighted by atomic mass is 10.1. The molecule has 0 radical (unpaired) electrons. The van der Waals surface area contributed by atoms with Crippen molar-refractivity contribution in [3.05, 3.63) is 57.6 Å². The van der Waals surface area contributed by atoms with Gasteiger partial charge in [-0.2, -0.15) is 5.10 Å². The van der Waals surface area contributed by atoms with Gasteiger partial charge >= 0.3 is 5.97 Å². The first-order valence-electron chi connectivity index (χ1n) is 7.18. The van der Waals surface area contributed by atoms with Crippen molar-refractivity contribution in [3.63, 3.8) is 0 Å². The molecule has 23 heavy (non-hydrogen) atoms. The van der Waals surface area contributed by atoms with Crippen LogP contribution in [0.25, 0.3) is 16.3 Å². The minimum Gasteiger partial charge on any atom is -0.476 e. The van der Waals surface area contributed by atoms with E-state index in [1.807, 2.05) is 26.0 Å². The zero-order valence-electron chi connectivity index (χ0n) is 12.7. The maximum Gasteiger partial charge on any atom is 0.356 e. The molecule has 0 aliphatic rings. The average Bonchev–Trinajstić information content (AvgIpc) is 3.11. The normalized spacial score (nSPS) is 10.9. The van der Waals surface area contributed by atoms with Crippen LogP contribution in [0.1, 0.15) is 28.5 Å². The van der Waals surface area contributed by atoms with E-state index in [1.165, 1.54) is 0 Å². The molecule has 0 saturated carbocycles. The quantitative estimate of drug-likeness (QED) is 0.736. The maximum atomic E-state index is 11.6. The molecule has 3 aromatic rings. The van der Waals surface area contributed by atoms with E-state index in [9.17, 15) is 9.90 Å². The molecule has 0 saturated heterocycles. The number of carboxylic acid groups (broad SMARTS) is 1. The van der Waals surface area contributed by atoms with Crippen LogP contribution in [0, 0.1) is 6.92 Å². The fourth-order valence-corrected chi connectivity index (χ4v) is 3.62. The molecule has 1 aromatic carbocycles. The zero-order valence-corrected chi connectivity index (χ0v) is 14.3. The summed E-state index contributed by atoms with van der Waals surface area (Å²) in [6.45, 7) is 3.96. The van der Waals surface area contributed by atoms with Crippen molar-refractivity contribution in [2.45, 2.75) is 20.3 Å². The van der Waals surface area contributed by atoms with Gasteiger partial charge in [0.2, 0.25) is 0 Å². The average molecular weight is 347 g/mol. The van der Waals surface area contributed by atoms with Gasteiger partial charge in [0.05, 0.1) is 16.3 Å². The number of aromatic nitrogens is 2. The molecule has 0 aliphatic carbocycles. The second-order valence-corrected chi connectivity index (χ2v) is 6.56. The van der Waals surface area contributed by atoms with Crippen LogP contribution in [0.5, 0.6) is 0 Å². The highest BCUT2D eigenvalue weighted by Gasteiger charge is 2.24. The van der Waals surface area contributed by atoms with Gasteiger partial charge in [0.1, 0.15) is 0 Å². The molecule has 118 valence electrons. The molecular weight excluding hydrogens is 332 g/mol. The molecule has 4 nitrogen and oxygen atoms in total. The summed E-state index contributed by atoms with van der Waals surface area (Å²) >= 11 is 7.54. The molecule has 0 aliphatic heterocycles. The molecule has 2 heterocycles. The summed E-state index contributed by atoms with van der Waals surface area (Å²) < 4.78 is 1.70. The van der Waals surface area contributed by atoms with Crippen LogP contribution in [-0.2, 0) is 6.42 Å². The highest BCUT2D eigenvalue weighted by atomic mass is 35.5. The standard InChI is InChI=1S/C17H15ClN2O2S/c1-3-13-15(17(21)22)19-20(12-6-4-11(18)5-7-12)16(13)14-8-10(2)9-23-14/h4-9H,3H2,1-2H3,(H,21,22). The van der Waals surface area contributed by atoms with Crippen molar-refractivity contribution >= 4 is 28.9 Å². The van der Waals surface area contributed by atoms with Gasteiger partial charge in [-0.3, -0.25) is 0 Å². The smallest absolute Gasteiger partial charge is 0.356 e. The summed E-state index contributed by atoms with van der Waals surface area (Å²) in [6, 6.07) is 9.27. The number of thiophene rings is 1. The van der Waals surface area contributed by atoms with E-state index < -0.39 is 5.97 Å². The molecule has 0 amide bonds. The van der Waals surface area contributed by atoms with Crippen molar-refractivity contribution in [1.29, 1.82) is 0 Å². The molecule has 1 N–H and O–H groups in total. The summed E-state index contributed by atoms with van der Waals surface area (Å²) in [5.74, 6) is -1.01. The number of rotatable bonds is 4. The zero-order chi connectivity index (χ0) is 16.6. The lowest BCUT2D eigenvalue weighted by molar-refractivity contribution is 0.0689. The number of aryl methyl sites for hydroxylation is 1. The molecule has 0 unspecified atom stereocenters. The predicted octanol–water partition coefficient (Wildman–Crippen LogP) is 4.82. The SMILES string of the molecule is CCc1c(C(=O)O)nn(-c2ccc(Cl)cc2)c1-c1cc(C)cs1. The maximum absolute atomic E-state index is 11.6. The van der Waals surface area contributed by atoms with Gasteiger partial charge in [0.15, 0.2) is 5.69 Å². The Morgan fingerprint density at radius 1 is 1.35 bits per heavy atom. The van der Waals surface area contributed by atoms with Gasteiger partial charge in [-0.05, 0) is 54.6 Å². The largest absolute Gasteiger partial charge is 0.476 e. The number of benzene rings is 1. The lowest BCUT2D eigenvalue weighted by Gasteiger charge is -2.07. The molecule has 0 atom stereocenters. The number of carboxylic acids is 1. The first-order chi connectivity index (χ1) is 11.0. The number of hydrogen-bond donors (Lipinski definition) is 1. The van der Waals surface area contributed by atoms with Crippen LogP contribution in [0.15, 0.2) is 35.7 Å². The van der Waals surface area contributed by atoms with E-state index in [1.54, 1.807) is 28.2 Å². The van der Waals surface area contributed by atoms with Crippen molar-refractivity contribution in [2.75, 3.05) is 0 Å². The molecule has 0 bridgehead atoms. The van der Waals surface area contributed by atoms with Crippen LogP contribution in [-0.4, -0.2) is 20.9 Å². The van der Waals surface area contributed by atoms with E-state index in [2.05, 4.69) is 16.5 Å². The Balaban J connectivity index is 2.29. The summed E-state index contributed by atoms with van der Waals surface area (Å²) in [5.41, 5.74) is 3.62. The van der Waals surface area contributed by atoms with Gasteiger partial charge in [0.25, 0.3) is 0 Å². The molecule has 6 heteroatoms. The van der Waals surface area contributed by atoms with Gasteiger partial charge in [-0.15, -0.1) is 11.3 Å². The summed E-state index contributed by atoms with van der Waals surface area (Å²) in [6.07, 6.45) is 0.599. The Morgan fingerprint density at radius 3 is 2.57 bits per heavy atom. The third-order valence-electron chi connectivity index (χ3n) is 3.57. The van der Waals surface area contributed by atoms with Crippen molar-refractivity contribution in [3.8, 4) is 16.3 Å².